The molecule has 22 heavy (non-hydrogen) atoms. The fourth-order valence-electron chi connectivity index (χ4n) is 3.15. The van der Waals surface area contributed by atoms with Crippen LogP contribution in [0.4, 0.5) is 0 Å². The van der Waals surface area contributed by atoms with Gasteiger partial charge in [0.1, 0.15) is 5.52 Å². The van der Waals surface area contributed by atoms with Crippen molar-refractivity contribution in [3.8, 4) is 11.4 Å². The molecule has 0 aliphatic carbocycles. The molecule has 0 aliphatic heterocycles. The van der Waals surface area contributed by atoms with E-state index in [1.54, 1.807) is 0 Å². The Balaban J connectivity index is 2.03. The molecule has 0 atom stereocenters. The standard InChI is InChI=1S/C20H17N2/c1-14-17-9-5-3-7-15(17)11-12-18(14)20-21-13-16-8-4-6-10-19(16)22(20)2/h3-13H,1-2H3/q+1. The Kier molecular flexibility index (Phi) is 2.90. The highest BCUT2D eigenvalue weighted by Gasteiger charge is 2.18. The molecule has 4 rings (SSSR count). The molecule has 2 nitrogen and oxygen atoms in total. The van der Waals surface area contributed by atoms with E-state index in [-0.39, 0.29) is 0 Å². The van der Waals surface area contributed by atoms with E-state index in [2.05, 4.69) is 73.1 Å². The van der Waals surface area contributed by atoms with Gasteiger partial charge < -0.3 is 0 Å². The molecule has 0 saturated carbocycles. The quantitative estimate of drug-likeness (QED) is 0.479. The van der Waals surface area contributed by atoms with Gasteiger partial charge in [-0.1, -0.05) is 42.5 Å². The summed E-state index contributed by atoms with van der Waals surface area (Å²) < 4.78 is 2.17. The largest absolute Gasteiger partial charge is 0.330 e. The Labute approximate surface area is 129 Å². The van der Waals surface area contributed by atoms with Crippen LogP contribution in [-0.2, 0) is 7.05 Å². The van der Waals surface area contributed by atoms with Crippen LogP contribution in [0.2, 0.25) is 0 Å². The minimum absolute atomic E-state index is 1.00. The third kappa shape index (κ3) is 1.88. The summed E-state index contributed by atoms with van der Waals surface area (Å²) in [5.41, 5.74) is 3.66. The van der Waals surface area contributed by atoms with Crippen LogP contribution >= 0.6 is 0 Å². The highest BCUT2D eigenvalue weighted by Crippen LogP contribution is 2.27. The molecule has 1 aromatic heterocycles. The molecule has 4 aromatic rings. The normalized spacial score (nSPS) is 11.2. The molecule has 0 amide bonds. The van der Waals surface area contributed by atoms with Crippen molar-refractivity contribution >= 4 is 21.7 Å². The lowest BCUT2D eigenvalue weighted by molar-refractivity contribution is -0.636. The first-order chi connectivity index (χ1) is 10.8. The van der Waals surface area contributed by atoms with Crippen LogP contribution in [0.25, 0.3) is 33.1 Å². The molecule has 0 aliphatic rings. The van der Waals surface area contributed by atoms with Gasteiger partial charge >= 0.3 is 5.82 Å². The lowest BCUT2D eigenvalue weighted by Gasteiger charge is -2.08. The fraction of sp³-hybridized carbons (Fsp3) is 0.100. The van der Waals surface area contributed by atoms with Crippen molar-refractivity contribution < 1.29 is 4.57 Å². The summed E-state index contributed by atoms with van der Waals surface area (Å²) in [6.45, 7) is 2.18. The predicted molar refractivity (Wildman–Crippen MR) is 90.6 cm³/mol. The van der Waals surface area contributed by atoms with Gasteiger partial charge in [0.05, 0.1) is 18.0 Å². The third-order valence-electron chi connectivity index (χ3n) is 4.38. The Hall–Kier alpha value is -2.74. The van der Waals surface area contributed by atoms with Crippen molar-refractivity contribution in [3.63, 3.8) is 0 Å². The van der Waals surface area contributed by atoms with E-state index < -0.39 is 0 Å². The minimum Gasteiger partial charge on any atom is -0.226 e. The number of benzene rings is 3. The Morgan fingerprint density at radius 1 is 0.818 bits per heavy atom. The van der Waals surface area contributed by atoms with Crippen LogP contribution in [-0.4, -0.2) is 4.98 Å². The van der Waals surface area contributed by atoms with Crippen LogP contribution < -0.4 is 4.57 Å². The van der Waals surface area contributed by atoms with Gasteiger partial charge in [-0.3, -0.25) is 0 Å². The molecule has 3 aromatic carbocycles. The molecule has 106 valence electrons. The minimum atomic E-state index is 1.00. The second kappa shape index (κ2) is 4.92. The molecule has 0 radical (unpaired) electrons. The summed E-state index contributed by atoms with van der Waals surface area (Å²) in [6, 6.07) is 21.2. The van der Waals surface area contributed by atoms with Crippen molar-refractivity contribution in [2.75, 3.05) is 0 Å². The van der Waals surface area contributed by atoms with Gasteiger partial charge in [0, 0.05) is 0 Å². The van der Waals surface area contributed by atoms with Crippen LogP contribution in [0.15, 0.2) is 66.9 Å². The van der Waals surface area contributed by atoms with E-state index in [4.69, 9.17) is 4.98 Å². The van der Waals surface area contributed by atoms with E-state index in [0.29, 0.717) is 0 Å². The predicted octanol–water partition coefficient (Wildman–Crippen LogP) is 4.19. The maximum Gasteiger partial charge on any atom is 0.330 e. The lowest BCUT2D eigenvalue weighted by atomic mass is 9.99. The van der Waals surface area contributed by atoms with Crippen molar-refractivity contribution in [3.05, 3.63) is 72.4 Å². The summed E-state index contributed by atoms with van der Waals surface area (Å²) in [5.74, 6) is 1.00. The lowest BCUT2D eigenvalue weighted by Crippen LogP contribution is -2.33. The Morgan fingerprint density at radius 2 is 1.55 bits per heavy atom. The molecule has 0 fully saturated rings. The van der Waals surface area contributed by atoms with Crippen molar-refractivity contribution in [1.29, 1.82) is 0 Å². The Bertz CT molecular complexity index is 920. The number of hydrogen-bond acceptors (Lipinski definition) is 1. The maximum absolute atomic E-state index is 4.71. The molecule has 2 heteroatoms. The SMILES string of the molecule is Cc1c(-c2ncc3ccccc3[n+]2C)ccc2ccccc12. The zero-order valence-corrected chi connectivity index (χ0v) is 12.7. The van der Waals surface area contributed by atoms with Crippen LogP contribution in [0.3, 0.4) is 0 Å². The van der Waals surface area contributed by atoms with E-state index in [1.165, 1.54) is 27.4 Å². The van der Waals surface area contributed by atoms with E-state index in [0.717, 1.165) is 11.2 Å². The highest BCUT2D eigenvalue weighted by molar-refractivity contribution is 5.90. The smallest absolute Gasteiger partial charge is 0.226 e. The molecule has 0 N–H and O–H groups in total. The average molecular weight is 285 g/mol. The number of para-hydroxylation sites is 1. The van der Waals surface area contributed by atoms with Gasteiger partial charge in [-0.25, -0.2) is 4.57 Å². The summed E-state index contributed by atoms with van der Waals surface area (Å²) in [7, 11) is 2.08. The summed E-state index contributed by atoms with van der Waals surface area (Å²) in [4.78, 5) is 4.71. The number of aromatic nitrogens is 2. The second-order valence-corrected chi connectivity index (χ2v) is 5.66. The molecule has 1 heterocycles. The number of hydrogen-bond donors (Lipinski definition) is 0. The fourth-order valence-corrected chi connectivity index (χ4v) is 3.15. The third-order valence-corrected chi connectivity index (χ3v) is 4.38. The summed E-state index contributed by atoms with van der Waals surface area (Å²) in [6.07, 6.45) is 1.96. The van der Waals surface area contributed by atoms with Gasteiger partial charge in [-0.15, -0.1) is 0 Å². The number of fused-ring (bicyclic) bond motifs is 2. The van der Waals surface area contributed by atoms with Crippen molar-refractivity contribution in [1.82, 2.24) is 4.98 Å². The molecule has 0 bridgehead atoms. The maximum atomic E-state index is 4.71. The van der Waals surface area contributed by atoms with E-state index in [1.807, 2.05) is 12.3 Å². The number of rotatable bonds is 1. The first kappa shape index (κ1) is 13.0. The van der Waals surface area contributed by atoms with Gasteiger partial charge in [0.2, 0.25) is 0 Å². The van der Waals surface area contributed by atoms with Crippen molar-refractivity contribution in [2.24, 2.45) is 7.05 Å². The summed E-state index contributed by atoms with van der Waals surface area (Å²) in [5, 5.41) is 3.72. The van der Waals surface area contributed by atoms with Gasteiger partial charge in [-0.05, 0) is 46.4 Å². The molecule has 0 unspecified atom stereocenters. The number of nitrogens with zero attached hydrogens (tertiary/aromatic N) is 2. The van der Waals surface area contributed by atoms with Crippen LogP contribution in [0.1, 0.15) is 5.56 Å². The first-order valence-electron chi connectivity index (χ1n) is 7.48. The zero-order chi connectivity index (χ0) is 15.1. The van der Waals surface area contributed by atoms with E-state index >= 15 is 0 Å². The Morgan fingerprint density at radius 3 is 2.41 bits per heavy atom. The molecule has 0 spiro atoms. The number of aryl methyl sites for hydroxylation is 2. The first-order valence-corrected chi connectivity index (χ1v) is 7.48. The molecule has 0 saturated heterocycles. The topological polar surface area (TPSA) is 16.8 Å². The second-order valence-electron chi connectivity index (χ2n) is 5.66. The van der Waals surface area contributed by atoms with E-state index in [9.17, 15) is 0 Å². The van der Waals surface area contributed by atoms with Crippen molar-refractivity contribution in [2.45, 2.75) is 6.92 Å². The van der Waals surface area contributed by atoms with Gasteiger partial charge in [0.25, 0.3) is 0 Å². The monoisotopic (exact) mass is 285 g/mol. The van der Waals surface area contributed by atoms with Gasteiger partial charge in [0.15, 0.2) is 6.20 Å². The van der Waals surface area contributed by atoms with Gasteiger partial charge in [-0.2, -0.15) is 0 Å². The van der Waals surface area contributed by atoms with Crippen LogP contribution in [0.5, 0.6) is 0 Å². The zero-order valence-electron chi connectivity index (χ0n) is 12.7. The highest BCUT2D eigenvalue weighted by atomic mass is 15.0. The molecular weight excluding hydrogens is 268 g/mol. The van der Waals surface area contributed by atoms with Crippen LogP contribution in [0, 0.1) is 6.92 Å². The average Bonchev–Trinajstić information content (AvgIpc) is 2.57. The molecular formula is C20H17N2+. The summed E-state index contributed by atoms with van der Waals surface area (Å²) >= 11 is 0.